The minimum atomic E-state index is -0.0423. The van der Waals surface area contributed by atoms with Gasteiger partial charge in [0, 0.05) is 18.2 Å². The number of allylic oxidation sites excluding steroid dienone is 2. The van der Waals surface area contributed by atoms with E-state index in [1.54, 1.807) is 36.6 Å². The topological polar surface area (TPSA) is 37.4 Å². The zero-order chi connectivity index (χ0) is 11.4. The molecule has 1 aromatic rings. The van der Waals surface area contributed by atoms with Crippen LogP contribution in [0.5, 0.6) is 0 Å². The van der Waals surface area contributed by atoms with Crippen molar-refractivity contribution in [1.29, 1.82) is 0 Å². The van der Waals surface area contributed by atoms with E-state index in [0.29, 0.717) is 17.7 Å². The molecule has 16 heavy (non-hydrogen) atoms. The Morgan fingerprint density at radius 1 is 1.19 bits per heavy atom. The van der Waals surface area contributed by atoms with E-state index in [9.17, 15) is 9.59 Å². The second-order valence-electron chi connectivity index (χ2n) is 3.41. The van der Waals surface area contributed by atoms with E-state index >= 15 is 0 Å². The summed E-state index contributed by atoms with van der Waals surface area (Å²) in [5.74, 6) is -0.0423. The first-order valence-electron chi connectivity index (χ1n) is 5.02. The highest BCUT2D eigenvalue weighted by molar-refractivity contribution is 6.00. The highest BCUT2D eigenvalue weighted by Crippen LogP contribution is 2.21. The second kappa shape index (κ2) is 4.57. The molecular weight excluding hydrogens is 202 g/mol. The molecule has 0 spiro atoms. The summed E-state index contributed by atoms with van der Waals surface area (Å²) >= 11 is 0. The first-order chi connectivity index (χ1) is 7.83. The van der Waals surface area contributed by atoms with Crippen LogP contribution in [0.1, 0.15) is 16.8 Å². The van der Waals surface area contributed by atoms with Crippen molar-refractivity contribution in [3.05, 3.63) is 54.3 Å². The van der Waals surface area contributed by atoms with Gasteiger partial charge in [0.15, 0.2) is 6.29 Å². The molecule has 1 aliphatic rings. The van der Waals surface area contributed by atoms with Crippen LogP contribution >= 0.6 is 0 Å². The summed E-state index contributed by atoms with van der Waals surface area (Å²) in [7, 11) is 0. The Morgan fingerprint density at radius 3 is 2.81 bits per heavy atom. The van der Waals surface area contributed by atoms with Crippen molar-refractivity contribution in [2.24, 2.45) is 0 Å². The van der Waals surface area contributed by atoms with E-state index in [-0.39, 0.29) is 5.91 Å². The van der Waals surface area contributed by atoms with Crippen LogP contribution in [0.4, 0.5) is 5.69 Å². The molecule has 0 aromatic heterocycles. The van der Waals surface area contributed by atoms with E-state index in [1.165, 1.54) is 4.90 Å². The fraction of sp³-hybridized carbons (Fsp3) is 0.0769. The van der Waals surface area contributed by atoms with Gasteiger partial charge in [-0.2, -0.15) is 0 Å². The number of hydrogen-bond donors (Lipinski definition) is 0. The molecule has 1 aliphatic heterocycles. The standard InChI is InChI=1S/C13H11NO2/c15-10-11-6-3-4-7-12(11)14-9-5-1-2-8-13(14)16/h1-7,9-10H,8H2. The van der Waals surface area contributed by atoms with Gasteiger partial charge in [0.1, 0.15) is 0 Å². The Labute approximate surface area is 93.7 Å². The molecule has 80 valence electrons. The summed E-state index contributed by atoms with van der Waals surface area (Å²) in [6, 6.07) is 7.04. The minimum absolute atomic E-state index is 0.0423. The molecule has 3 nitrogen and oxygen atoms in total. The predicted molar refractivity (Wildman–Crippen MR) is 62.2 cm³/mol. The van der Waals surface area contributed by atoms with Crippen molar-refractivity contribution in [3.63, 3.8) is 0 Å². The van der Waals surface area contributed by atoms with Gasteiger partial charge in [-0.1, -0.05) is 24.3 Å². The van der Waals surface area contributed by atoms with Crippen LogP contribution in [0.3, 0.4) is 0 Å². The van der Waals surface area contributed by atoms with Crippen LogP contribution in [0.2, 0.25) is 0 Å². The molecule has 2 rings (SSSR count). The maximum Gasteiger partial charge on any atom is 0.234 e. The molecule has 0 unspecified atom stereocenters. The number of para-hydroxylation sites is 1. The molecule has 0 aliphatic carbocycles. The molecule has 1 aromatic carbocycles. The van der Waals surface area contributed by atoms with Gasteiger partial charge >= 0.3 is 0 Å². The first-order valence-corrected chi connectivity index (χ1v) is 5.02. The number of amides is 1. The van der Waals surface area contributed by atoms with Gasteiger partial charge in [-0.3, -0.25) is 14.5 Å². The minimum Gasteiger partial charge on any atom is -0.298 e. The summed E-state index contributed by atoms with van der Waals surface area (Å²) in [5, 5.41) is 0. The number of rotatable bonds is 2. The van der Waals surface area contributed by atoms with Crippen LogP contribution in [0.25, 0.3) is 0 Å². The molecule has 0 fully saturated rings. The van der Waals surface area contributed by atoms with Crippen LogP contribution in [-0.2, 0) is 4.79 Å². The molecule has 0 atom stereocenters. The van der Waals surface area contributed by atoms with Crippen molar-refractivity contribution < 1.29 is 9.59 Å². The average Bonchev–Trinajstić information content (AvgIpc) is 2.54. The fourth-order valence-corrected chi connectivity index (χ4v) is 1.59. The van der Waals surface area contributed by atoms with Gasteiger partial charge in [0.2, 0.25) is 5.91 Å². The Kier molecular flexibility index (Phi) is 2.96. The van der Waals surface area contributed by atoms with E-state index in [2.05, 4.69) is 0 Å². The fourth-order valence-electron chi connectivity index (χ4n) is 1.59. The first kappa shape index (κ1) is 10.4. The summed E-state index contributed by atoms with van der Waals surface area (Å²) in [6.07, 6.45) is 8.18. The lowest BCUT2D eigenvalue weighted by atomic mass is 10.1. The zero-order valence-electron chi connectivity index (χ0n) is 8.67. The van der Waals surface area contributed by atoms with Crippen LogP contribution < -0.4 is 4.90 Å². The lowest BCUT2D eigenvalue weighted by molar-refractivity contribution is -0.117. The molecular formula is C13H11NO2. The van der Waals surface area contributed by atoms with Crippen molar-refractivity contribution in [2.75, 3.05) is 4.90 Å². The number of nitrogens with zero attached hydrogens (tertiary/aromatic N) is 1. The maximum atomic E-state index is 11.8. The number of carbonyl (C=O) groups is 2. The summed E-state index contributed by atoms with van der Waals surface area (Å²) in [5.41, 5.74) is 1.14. The van der Waals surface area contributed by atoms with Gasteiger partial charge in [0.25, 0.3) is 0 Å². The third-order valence-electron chi connectivity index (χ3n) is 2.37. The largest absolute Gasteiger partial charge is 0.298 e. The van der Waals surface area contributed by atoms with Crippen molar-refractivity contribution in [1.82, 2.24) is 0 Å². The maximum absolute atomic E-state index is 11.8. The Morgan fingerprint density at radius 2 is 2.00 bits per heavy atom. The third kappa shape index (κ3) is 1.93. The Hall–Kier alpha value is -2.16. The van der Waals surface area contributed by atoms with Crippen LogP contribution in [-0.4, -0.2) is 12.2 Å². The van der Waals surface area contributed by atoms with Crippen molar-refractivity contribution >= 4 is 17.9 Å². The predicted octanol–water partition coefficient (Wildman–Crippen LogP) is 2.31. The molecule has 0 N–H and O–H groups in total. The molecule has 3 heteroatoms. The highest BCUT2D eigenvalue weighted by Gasteiger charge is 2.15. The smallest absolute Gasteiger partial charge is 0.234 e. The van der Waals surface area contributed by atoms with E-state index in [1.807, 2.05) is 12.1 Å². The number of anilines is 1. The van der Waals surface area contributed by atoms with Gasteiger partial charge < -0.3 is 0 Å². The monoisotopic (exact) mass is 213 g/mol. The third-order valence-corrected chi connectivity index (χ3v) is 2.37. The molecule has 0 bridgehead atoms. The number of benzene rings is 1. The number of hydrogen-bond acceptors (Lipinski definition) is 2. The van der Waals surface area contributed by atoms with Crippen molar-refractivity contribution in [2.45, 2.75) is 6.42 Å². The normalized spacial score (nSPS) is 15.0. The van der Waals surface area contributed by atoms with E-state index in [4.69, 9.17) is 0 Å². The molecule has 0 saturated carbocycles. The SMILES string of the molecule is O=Cc1ccccc1N1C=CC=CCC1=O. The molecule has 0 saturated heterocycles. The quantitative estimate of drug-likeness (QED) is 0.707. The van der Waals surface area contributed by atoms with Crippen molar-refractivity contribution in [3.8, 4) is 0 Å². The van der Waals surface area contributed by atoms with Gasteiger partial charge in [-0.15, -0.1) is 0 Å². The van der Waals surface area contributed by atoms with Gasteiger partial charge in [-0.05, 0) is 18.2 Å². The van der Waals surface area contributed by atoms with Crippen LogP contribution in [0, 0.1) is 0 Å². The Balaban J connectivity index is 2.43. The van der Waals surface area contributed by atoms with Gasteiger partial charge in [-0.25, -0.2) is 0 Å². The van der Waals surface area contributed by atoms with Crippen LogP contribution in [0.15, 0.2) is 48.7 Å². The van der Waals surface area contributed by atoms with Gasteiger partial charge in [0.05, 0.1) is 5.69 Å². The Bertz CT molecular complexity index is 475. The lowest BCUT2D eigenvalue weighted by Crippen LogP contribution is -2.24. The average molecular weight is 213 g/mol. The molecule has 1 heterocycles. The zero-order valence-corrected chi connectivity index (χ0v) is 8.67. The highest BCUT2D eigenvalue weighted by atomic mass is 16.2. The summed E-state index contributed by atoms with van der Waals surface area (Å²) < 4.78 is 0. The van der Waals surface area contributed by atoms with E-state index < -0.39 is 0 Å². The lowest BCUT2D eigenvalue weighted by Gasteiger charge is -2.18. The summed E-state index contributed by atoms with van der Waals surface area (Å²) in [6.45, 7) is 0. The molecule has 1 amide bonds. The second-order valence-corrected chi connectivity index (χ2v) is 3.41. The van der Waals surface area contributed by atoms with E-state index in [0.717, 1.165) is 6.29 Å². The number of aldehydes is 1. The number of carbonyl (C=O) groups excluding carboxylic acids is 2. The summed E-state index contributed by atoms with van der Waals surface area (Å²) in [4.78, 5) is 24.2. The molecule has 0 radical (unpaired) electrons.